The lowest BCUT2D eigenvalue weighted by atomic mass is 10.1. The van der Waals surface area contributed by atoms with E-state index in [1.165, 1.54) is 24.3 Å². The van der Waals surface area contributed by atoms with E-state index < -0.39 is 10.8 Å². The van der Waals surface area contributed by atoms with Crippen molar-refractivity contribution in [1.82, 2.24) is 5.32 Å². The number of nitro groups is 1. The van der Waals surface area contributed by atoms with Crippen LogP contribution in [-0.4, -0.2) is 15.9 Å². The Morgan fingerprint density at radius 1 is 1.09 bits per heavy atom. The van der Waals surface area contributed by atoms with Gasteiger partial charge in [-0.3, -0.25) is 20.2 Å². The van der Waals surface area contributed by atoms with Crippen molar-refractivity contribution in [1.29, 1.82) is 0 Å². The molecule has 23 heavy (non-hydrogen) atoms. The van der Waals surface area contributed by atoms with Crippen LogP contribution in [0.15, 0.2) is 42.5 Å². The molecular formula is C16H15N3O3S. The van der Waals surface area contributed by atoms with E-state index in [0.717, 1.165) is 16.8 Å². The molecule has 118 valence electrons. The van der Waals surface area contributed by atoms with E-state index >= 15 is 0 Å². The summed E-state index contributed by atoms with van der Waals surface area (Å²) in [4.78, 5) is 22.2. The molecule has 2 N–H and O–H groups in total. The standard InChI is InChI=1S/C16H15N3O3S/c1-10-4-3-5-11(2)14(10)17-16(23)18-15(20)12-6-8-13(9-7-12)19(21)22/h3-9H,1-2H3,(H2,17,18,20,23). The lowest BCUT2D eigenvalue weighted by Crippen LogP contribution is -2.34. The van der Waals surface area contributed by atoms with Crippen molar-refractivity contribution in [2.24, 2.45) is 0 Å². The summed E-state index contributed by atoms with van der Waals surface area (Å²) in [6.07, 6.45) is 0. The summed E-state index contributed by atoms with van der Waals surface area (Å²) in [6, 6.07) is 11.1. The normalized spacial score (nSPS) is 10.0. The molecule has 0 aromatic heterocycles. The molecule has 2 aromatic rings. The van der Waals surface area contributed by atoms with Gasteiger partial charge in [0.25, 0.3) is 11.6 Å². The summed E-state index contributed by atoms with van der Waals surface area (Å²) in [5.74, 6) is -0.427. The number of aryl methyl sites for hydroxylation is 2. The zero-order valence-corrected chi connectivity index (χ0v) is 13.4. The minimum atomic E-state index is -0.519. The fourth-order valence-corrected chi connectivity index (χ4v) is 2.26. The molecule has 0 saturated carbocycles. The first-order chi connectivity index (χ1) is 10.9. The largest absolute Gasteiger partial charge is 0.332 e. The number of benzene rings is 2. The number of nitro benzene ring substituents is 1. The monoisotopic (exact) mass is 329 g/mol. The Bertz CT molecular complexity index is 752. The van der Waals surface area contributed by atoms with Gasteiger partial charge in [0.1, 0.15) is 0 Å². The molecule has 0 unspecified atom stereocenters. The van der Waals surface area contributed by atoms with Gasteiger partial charge in [-0.2, -0.15) is 0 Å². The molecule has 0 radical (unpaired) electrons. The molecule has 1 amide bonds. The van der Waals surface area contributed by atoms with Crippen LogP contribution in [-0.2, 0) is 0 Å². The second-order valence-corrected chi connectivity index (χ2v) is 5.39. The Morgan fingerprint density at radius 2 is 1.65 bits per heavy atom. The van der Waals surface area contributed by atoms with E-state index in [1.807, 2.05) is 32.0 Å². The highest BCUT2D eigenvalue weighted by atomic mass is 32.1. The van der Waals surface area contributed by atoms with Crippen LogP contribution in [0.1, 0.15) is 21.5 Å². The van der Waals surface area contributed by atoms with E-state index in [0.29, 0.717) is 5.56 Å². The third-order valence-corrected chi connectivity index (χ3v) is 3.49. The molecule has 0 aliphatic rings. The third kappa shape index (κ3) is 4.10. The number of para-hydroxylation sites is 1. The molecule has 6 nitrogen and oxygen atoms in total. The van der Waals surface area contributed by atoms with Gasteiger partial charge in [0, 0.05) is 23.4 Å². The van der Waals surface area contributed by atoms with Crippen molar-refractivity contribution < 1.29 is 9.72 Å². The van der Waals surface area contributed by atoms with Gasteiger partial charge < -0.3 is 5.32 Å². The van der Waals surface area contributed by atoms with Gasteiger partial charge in [-0.15, -0.1) is 0 Å². The van der Waals surface area contributed by atoms with E-state index in [2.05, 4.69) is 10.6 Å². The second kappa shape index (κ2) is 6.97. The highest BCUT2D eigenvalue weighted by Gasteiger charge is 2.12. The highest BCUT2D eigenvalue weighted by Crippen LogP contribution is 2.19. The predicted molar refractivity (Wildman–Crippen MR) is 92.7 cm³/mol. The Kier molecular flexibility index (Phi) is 5.02. The van der Waals surface area contributed by atoms with Gasteiger partial charge in [-0.1, -0.05) is 18.2 Å². The molecule has 7 heteroatoms. The zero-order valence-electron chi connectivity index (χ0n) is 12.6. The average molecular weight is 329 g/mol. The maximum absolute atomic E-state index is 12.1. The summed E-state index contributed by atoms with van der Waals surface area (Å²) in [5.41, 5.74) is 3.09. The molecule has 2 aromatic carbocycles. The van der Waals surface area contributed by atoms with Crippen LogP contribution >= 0.6 is 12.2 Å². The first kappa shape index (κ1) is 16.6. The van der Waals surface area contributed by atoms with Crippen molar-refractivity contribution in [3.8, 4) is 0 Å². The Labute approximate surface area is 138 Å². The fraction of sp³-hybridized carbons (Fsp3) is 0.125. The van der Waals surface area contributed by atoms with Gasteiger partial charge in [-0.25, -0.2) is 0 Å². The number of non-ortho nitro benzene ring substituents is 1. The van der Waals surface area contributed by atoms with Crippen LogP contribution in [0.2, 0.25) is 0 Å². The Hall–Kier alpha value is -2.80. The molecule has 0 saturated heterocycles. The number of carbonyl (C=O) groups is 1. The van der Waals surface area contributed by atoms with E-state index in [1.54, 1.807) is 0 Å². The third-order valence-electron chi connectivity index (χ3n) is 3.29. The van der Waals surface area contributed by atoms with Crippen molar-refractivity contribution >= 4 is 34.6 Å². The van der Waals surface area contributed by atoms with Crippen LogP contribution in [0, 0.1) is 24.0 Å². The quantitative estimate of drug-likeness (QED) is 0.512. The maximum atomic E-state index is 12.1. The van der Waals surface area contributed by atoms with E-state index in [4.69, 9.17) is 12.2 Å². The number of anilines is 1. The van der Waals surface area contributed by atoms with Gasteiger partial charge in [0.2, 0.25) is 0 Å². The summed E-state index contributed by atoms with van der Waals surface area (Å²) in [7, 11) is 0. The number of hydrogen-bond acceptors (Lipinski definition) is 4. The Balaban J connectivity index is 2.05. The molecule has 2 rings (SSSR count). The minimum Gasteiger partial charge on any atom is -0.332 e. The Morgan fingerprint density at radius 3 is 2.17 bits per heavy atom. The van der Waals surface area contributed by atoms with Crippen molar-refractivity contribution in [3.63, 3.8) is 0 Å². The zero-order chi connectivity index (χ0) is 17.0. The second-order valence-electron chi connectivity index (χ2n) is 4.98. The summed E-state index contributed by atoms with van der Waals surface area (Å²) >= 11 is 5.15. The number of rotatable bonds is 3. The lowest BCUT2D eigenvalue weighted by Gasteiger charge is -2.14. The smallest absolute Gasteiger partial charge is 0.269 e. The molecule has 0 heterocycles. The minimum absolute atomic E-state index is 0.0715. The maximum Gasteiger partial charge on any atom is 0.269 e. The number of carbonyl (C=O) groups excluding carboxylic acids is 1. The molecular weight excluding hydrogens is 314 g/mol. The summed E-state index contributed by atoms with van der Waals surface area (Å²) < 4.78 is 0. The highest BCUT2D eigenvalue weighted by molar-refractivity contribution is 7.80. The number of nitrogens with zero attached hydrogens (tertiary/aromatic N) is 1. The topological polar surface area (TPSA) is 84.3 Å². The van der Waals surface area contributed by atoms with Crippen LogP contribution in [0.5, 0.6) is 0 Å². The van der Waals surface area contributed by atoms with Crippen LogP contribution in [0.3, 0.4) is 0 Å². The van der Waals surface area contributed by atoms with Crippen LogP contribution in [0.25, 0.3) is 0 Å². The molecule has 0 atom stereocenters. The number of nitrogens with one attached hydrogen (secondary N) is 2. The van der Waals surface area contributed by atoms with Gasteiger partial charge in [0.15, 0.2) is 5.11 Å². The number of thiocarbonyl (C=S) groups is 1. The van der Waals surface area contributed by atoms with Crippen LogP contribution in [0.4, 0.5) is 11.4 Å². The SMILES string of the molecule is Cc1cccc(C)c1NC(=S)NC(=O)c1ccc([N+](=O)[O-])cc1. The van der Waals surface area contributed by atoms with Crippen molar-refractivity contribution in [2.75, 3.05) is 5.32 Å². The molecule has 0 spiro atoms. The lowest BCUT2D eigenvalue weighted by molar-refractivity contribution is -0.384. The van der Waals surface area contributed by atoms with Gasteiger partial charge in [0.05, 0.1) is 4.92 Å². The van der Waals surface area contributed by atoms with Gasteiger partial charge >= 0.3 is 0 Å². The van der Waals surface area contributed by atoms with E-state index in [-0.39, 0.29) is 10.8 Å². The molecule has 0 bridgehead atoms. The number of hydrogen-bond donors (Lipinski definition) is 2. The number of amides is 1. The summed E-state index contributed by atoms with van der Waals surface area (Å²) in [6.45, 7) is 3.88. The average Bonchev–Trinajstić information content (AvgIpc) is 2.51. The van der Waals surface area contributed by atoms with Crippen molar-refractivity contribution in [2.45, 2.75) is 13.8 Å². The van der Waals surface area contributed by atoms with E-state index in [9.17, 15) is 14.9 Å². The fourth-order valence-electron chi connectivity index (χ4n) is 2.07. The molecule has 0 aliphatic carbocycles. The predicted octanol–water partition coefficient (Wildman–Crippen LogP) is 3.34. The summed E-state index contributed by atoms with van der Waals surface area (Å²) in [5, 5.41) is 16.3. The van der Waals surface area contributed by atoms with Crippen LogP contribution < -0.4 is 10.6 Å². The van der Waals surface area contributed by atoms with Crippen molar-refractivity contribution in [3.05, 3.63) is 69.3 Å². The molecule has 0 fully saturated rings. The first-order valence-electron chi connectivity index (χ1n) is 6.81. The first-order valence-corrected chi connectivity index (χ1v) is 7.22. The molecule has 0 aliphatic heterocycles. The van der Waals surface area contributed by atoms with Gasteiger partial charge in [-0.05, 0) is 49.3 Å².